The molecule has 0 spiro atoms. The highest BCUT2D eigenvalue weighted by atomic mass is 32.1. The molecule has 1 N–H and O–H groups in total. The van der Waals surface area contributed by atoms with Crippen LogP contribution in [-0.2, 0) is 11.3 Å². The van der Waals surface area contributed by atoms with Gasteiger partial charge >= 0.3 is 0 Å². The zero-order chi connectivity index (χ0) is 14.7. The largest absolute Gasteiger partial charge is 0.384 e. The van der Waals surface area contributed by atoms with Crippen LogP contribution in [0.5, 0.6) is 0 Å². The lowest BCUT2D eigenvalue weighted by molar-refractivity contribution is -0.141. The smallest absolute Gasteiger partial charge is 0.251 e. The first-order valence-corrected chi connectivity index (χ1v) is 7.99. The Kier molecular flexibility index (Phi) is 5.12. The van der Waals surface area contributed by atoms with Crippen molar-refractivity contribution >= 4 is 17.2 Å². The molecule has 20 heavy (non-hydrogen) atoms. The molecule has 1 amide bonds. The van der Waals surface area contributed by atoms with E-state index in [2.05, 4.69) is 29.1 Å². The molecule has 0 bridgehead atoms. The topological polar surface area (TPSA) is 56.7 Å². The maximum atomic E-state index is 11.7. The van der Waals surface area contributed by atoms with E-state index in [9.17, 15) is 9.90 Å². The van der Waals surface area contributed by atoms with Crippen molar-refractivity contribution in [3.8, 4) is 0 Å². The van der Waals surface area contributed by atoms with Crippen molar-refractivity contribution in [3.05, 3.63) is 16.1 Å². The Morgan fingerprint density at radius 3 is 2.50 bits per heavy atom. The Bertz CT molecular complexity index is 451. The van der Waals surface area contributed by atoms with Gasteiger partial charge in [-0.1, -0.05) is 13.8 Å². The Morgan fingerprint density at radius 2 is 2.00 bits per heavy atom. The van der Waals surface area contributed by atoms with Crippen molar-refractivity contribution < 1.29 is 9.90 Å². The van der Waals surface area contributed by atoms with Crippen molar-refractivity contribution in [3.63, 3.8) is 0 Å². The lowest BCUT2D eigenvalue weighted by Crippen LogP contribution is -2.50. The molecule has 1 aromatic rings. The second-order valence-corrected chi connectivity index (χ2v) is 6.50. The third kappa shape index (κ3) is 3.77. The van der Waals surface area contributed by atoms with Gasteiger partial charge in [0, 0.05) is 44.0 Å². The van der Waals surface area contributed by atoms with Crippen molar-refractivity contribution in [1.29, 1.82) is 0 Å². The van der Waals surface area contributed by atoms with Crippen molar-refractivity contribution in [2.75, 3.05) is 26.2 Å². The first-order chi connectivity index (χ1) is 9.47. The van der Waals surface area contributed by atoms with E-state index in [4.69, 9.17) is 0 Å². The van der Waals surface area contributed by atoms with E-state index in [0.717, 1.165) is 25.3 Å². The number of carbonyl (C=O) groups excluding carboxylic acids is 1. The number of hydrogen-bond acceptors (Lipinski definition) is 5. The minimum atomic E-state index is -0.895. The van der Waals surface area contributed by atoms with Gasteiger partial charge in [0.1, 0.15) is 6.10 Å². The predicted molar refractivity (Wildman–Crippen MR) is 79.7 cm³/mol. The highest BCUT2D eigenvalue weighted by molar-refractivity contribution is 7.09. The van der Waals surface area contributed by atoms with Gasteiger partial charge in [-0.05, 0) is 6.92 Å². The molecule has 2 heterocycles. The summed E-state index contributed by atoms with van der Waals surface area (Å²) in [6, 6.07) is 0. The number of carbonyl (C=O) groups is 1. The summed E-state index contributed by atoms with van der Waals surface area (Å²) in [7, 11) is 0. The molecule has 1 aromatic heterocycles. The average Bonchev–Trinajstić information content (AvgIpc) is 2.87. The molecule has 112 valence electrons. The van der Waals surface area contributed by atoms with E-state index in [-0.39, 0.29) is 5.91 Å². The minimum absolute atomic E-state index is 0.166. The number of thiazole rings is 1. The van der Waals surface area contributed by atoms with E-state index in [1.165, 1.54) is 11.9 Å². The molecule has 6 heteroatoms. The summed E-state index contributed by atoms with van der Waals surface area (Å²) in [6.45, 7) is 9.74. The van der Waals surface area contributed by atoms with Crippen molar-refractivity contribution in [2.24, 2.45) is 0 Å². The highest BCUT2D eigenvalue weighted by Gasteiger charge is 2.24. The Morgan fingerprint density at radius 1 is 1.35 bits per heavy atom. The second-order valence-electron chi connectivity index (χ2n) is 5.61. The van der Waals surface area contributed by atoms with Crippen LogP contribution in [0, 0.1) is 0 Å². The van der Waals surface area contributed by atoms with Crippen LogP contribution in [0.25, 0.3) is 0 Å². The first-order valence-electron chi connectivity index (χ1n) is 7.11. The van der Waals surface area contributed by atoms with Gasteiger partial charge in [0.25, 0.3) is 5.91 Å². The average molecular weight is 297 g/mol. The standard InChI is InChI=1S/C14H23N3O2S/c1-10(2)13-15-12(9-20-13)8-16-4-6-17(7-5-16)14(19)11(3)18/h9-11,18H,4-8H2,1-3H3. The molecule has 0 radical (unpaired) electrons. The molecule has 5 nitrogen and oxygen atoms in total. The third-order valence-corrected chi connectivity index (χ3v) is 4.68. The number of rotatable bonds is 4. The molecular formula is C14H23N3O2S. The zero-order valence-corrected chi connectivity index (χ0v) is 13.2. The van der Waals surface area contributed by atoms with E-state index >= 15 is 0 Å². The van der Waals surface area contributed by atoms with Crippen LogP contribution in [0.1, 0.15) is 37.4 Å². The maximum Gasteiger partial charge on any atom is 0.251 e. The minimum Gasteiger partial charge on any atom is -0.384 e. The SMILES string of the molecule is CC(O)C(=O)N1CCN(Cc2csc(C(C)C)n2)CC1. The van der Waals surface area contributed by atoms with Crippen LogP contribution in [-0.4, -0.2) is 58.1 Å². The first kappa shape index (κ1) is 15.4. The van der Waals surface area contributed by atoms with Gasteiger partial charge in [0.2, 0.25) is 0 Å². The lowest BCUT2D eigenvalue weighted by atomic mass is 10.2. The van der Waals surface area contributed by atoms with Crippen LogP contribution in [0.4, 0.5) is 0 Å². The summed E-state index contributed by atoms with van der Waals surface area (Å²) < 4.78 is 0. The number of piperazine rings is 1. The second kappa shape index (κ2) is 6.65. The molecule has 1 atom stereocenters. The number of hydrogen-bond donors (Lipinski definition) is 1. The van der Waals surface area contributed by atoms with Gasteiger partial charge < -0.3 is 10.0 Å². The molecule has 1 fully saturated rings. The number of aliphatic hydroxyl groups excluding tert-OH is 1. The molecule has 1 aliphatic rings. The molecular weight excluding hydrogens is 274 g/mol. The quantitative estimate of drug-likeness (QED) is 0.910. The van der Waals surface area contributed by atoms with Crippen LogP contribution < -0.4 is 0 Å². The van der Waals surface area contributed by atoms with Gasteiger partial charge in [-0.3, -0.25) is 9.69 Å². The van der Waals surface area contributed by atoms with Crippen LogP contribution >= 0.6 is 11.3 Å². The van der Waals surface area contributed by atoms with Gasteiger partial charge in [-0.25, -0.2) is 4.98 Å². The molecule has 0 saturated carbocycles. The maximum absolute atomic E-state index is 11.7. The molecule has 1 aliphatic heterocycles. The Labute approximate surface area is 124 Å². The molecule has 2 rings (SSSR count). The molecule has 0 aliphatic carbocycles. The summed E-state index contributed by atoms with van der Waals surface area (Å²) in [5.41, 5.74) is 1.12. The third-order valence-electron chi connectivity index (χ3n) is 3.49. The van der Waals surface area contributed by atoms with E-state index in [1.54, 1.807) is 16.2 Å². The zero-order valence-electron chi connectivity index (χ0n) is 12.4. The van der Waals surface area contributed by atoms with Crippen LogP contribution in [0.3, 0.4) is 0 Å². The Hall–Kier alpha value is -0.980. The van der Waals surface area contributed by atoms with Crippen LogP contribution in [0.2, 0.25) is 0 Å². The lowest BCUT2D eigenvalue weighted by Gasteiger charge is -2.34. The fourth-order valence-electron chi connectivity index (χ4n) is 2.28. The fraction of sp³-hybridized carbons (Fsp3) is 0.714. The van der Waals surface area contributed by atoms with E-state index < -0.39 is 6.10 Å². The summed E-state index contributed by atoms with van der Waals surface area (Å²) in [5.74, 6) is 0.315. The van der Waals surface area contributed by atoms with Gasteiger partial charge in [-0.15, -0.1) is 11.3 Å². The fourth-order valence-corrected chi connectivity index (χ4v) is 3.11. The summed E-state index contributed by atoms with van der Waals surface area (Å²) >= 11 is 1.72. The molecule has 1 unspecified atom stereocenters. The van der Waals surface area contributed by atoms with Crippen molar-refractivity contribution in [1.82, 2.24) is 14.8 Å². The number of amides is 1. The van der Waals surface area contributed by atoms with Crippen LogP contribution in [0.15, 0.2) is 5.38 Å². The monoisotopic (exact) mass is 297 g/mol. The molecule has 1 saturated heterocycles. The predicted octanol–water partition coefficient (Wildman–Crippen LogP) is 1.29. The van der Waals surface area contributed by atoms with Gasteiger partial charge in [0.05, 0.1) is 10.7 Å². The summed E-state index contributed by atoms with van der Waals surface area (Å²) in [6.07, 6.45) is -0.895. The molecule has 0 aromatic carbocycles. The summed E-state index contributed by atoms with van der Waals surface area (Å²) in [5, 5.41) is 12.6. The normalized spacial score (nSPS) is 18.6. The van der Waals surface area contributed by atoms with E-state index in [1.807, 2.05) is 0 Å². The van der Waals surface area contributed by atoms with Gasteiger partial charge in [-0.2, -0.15) is 0 Å². The Balaban J connectivity index is 1.83. The number of nitrogens with zero attached hydrogens (tertiary/aromatic N) is 3. The summed E-state index contributed by atoms with van der Waals surface area (Å²) in [4.78, 5) is 20.4. The highest BCUT2D eigenvalue weighted by Crippen LogP contribution is 2.20. The van der Waals surface area contributed by atoms with E-state index in [0.29, 0.717) is 19.0 Å². The number of aliphatic hydroxyl groups is 1. The van der Waals surface area contributed by atoms with Crippen molar-refractivity contribution in [2.45, 2.75) is 39.3 Å². The number of aromatic nitrogens is 1. The van der Waals surface area contributed by atoms with Gasteiger partial charge in [0.15, 0.2) is 0 Å².